The molecule has 0 aromatic carbocycles. The summed E-state index contributed by atoms with van der Waals surface area (Å²) in [6.45, 7) is 0.763. The molecule has 7 nitrogen and oxygen atoms in total. The molecule has 9 heteroatoms. The average molecular weight is 366 g/mol. The Balaban J connectivity index is 2.14. The Labute approximate surface area is 125 Å². The van der Waals surface area contributed by atoms with Crippen LogP contribution in [0.5, 0.6) is 0 Å². The number of rotatable bonds is 5. The van der Waals surface area contributed by atoms with Crippen LogP contribution in [0.1, 0.15) is 6.42 Å². The molecule has 1 aliphatic rings. The molecule has 1 aromatic heterocycles. The largest absolute Gasteiger partial charge is 0.383 e. The Morgan fingerprint density at radius 3 is 2.95 bits per heavy atom. The number of nitrogens with one attached hydrogen (secondary N) is 1. The summed E-state index contributed by atoms with van der Waals surface area (Å²) in [5.41, 5.74) is 0.249. The number of ether oxygens (including phenoxy) is 1. The molecule has 0 amide bonds. The van der Waals surface area contributed by atoms with Crippen LogP contribution < -0.4 is 10.9 Å². The van der Waals surface area contributed by atoms with Gasteiger partial charge in [0.15, 0.2) is 9.84 Å². The lowest BCUT2D eigenvalue weighted by Crippen LogP contribution is -2.28. The Bertz CT molecular complexity index is 644. The number of halogens is 1. The first kappa shape index (κ1) is 15.5. The van der Waals surface area contributed by atoms with E-state index >= 15 is 0 Å². The van der Waals surface area contributed by atoms with Crippen molar-refractivity contribution < 1.29 is 13.2 Å². The van der Waals surface area contributed by atoms with Crippen molar-refractivity contribution in [1.29, 1.82) is 0 Å². The Kier molecular flexibility index (Phi) is 4.82. The molecule has 0 saturated carbocycles. The van der Waals surface area contributed by atoms with E-state index in [1.54, 1.807) is 7.11 Å². The summed E-state index contributed by atoms with van der Waals surface area (Å²) < 4.78 is 29.4. The molecule has 1 atom stereocenters. The molecule has 0 bridgehead atoms. The lowest BCUT2D eigenvalue weighted by Gasteiger charge is -2.14. The molecule has 1 saturated heterocycles. The molecular formula is C11H16BrN3O4S. The summed E-state index contributed by atoms with van der Waals surface area (Å²) in [6, 6.07) is -0.174. The number of methoxy groups -OCH3 is 1. The van der Waals surface area contributed by atoms with Crippen molar-refractivity contribution in [1.82, 2.24) is 9.78 Å². The first-order chi connectivity index (χ1) is 9.43. The van der Waals surface area contributed by atoms with E-state index < -0.39 is 9.84 Å². The van der Waals surface area contributed by atoms with Gasteiger partial charge in [-0.15, -0.1) is 0 Å². The molecule has 112 valence electrons. The monoisotopic (exact) mass is 365 g/mol. The molecule has 1 unspecified atom stereocenters. The summed E-state index contributed by atoms with van der Waals surface area (Å²) in [5.74, 6) is 0.271. The zero-order valence-corrected chi connectivity index (χ0v) is 13.4. The van der Waals surface area contributed by atoms with E-state index in [2.05, 4.69) is 26.3 Å². The van der Waals surface area contributed by atoms with Crippen molar-refractivity contribution >= 4 is 31.5 Å². The summed E-state index contributed by atoms with van der Waals surface area (Å²) in [4.78, 5) is 12.0. The van der Waals surface area contributed by atoms with Gasteiger partial charge in [-0.05, 0) is 22.4 Å². The normalized spacial score (nSPS) is 21.0. The van der Waals surface area contributed by atoms with Crippen LogP contribution in [0.2, 0.25) is 0 Å². The van der Waals surface area contributed by atoms with Crippen molar-refractivity contribution in [3.8, 4) is 0 Å². The summed E-state index contributed by atoms with van der Waals surface area (Å²) in [7, 11) is -1.40. The van der Waals surface area contributed by atoms with Crippen LogP contribution in [0.25, 0.3) is 0 Å². The first-order valence-electron chi connectivity index (χ1n) is 6.14. The van der Waals surface area contributed by atoms with Gasteiger partial charge < -0.3 is 10.1 Å². The van der Waals surface area contributed by atoms with E-state index in [0.29, 0.717) is 29.7 Å². The fourth-order valence-corrected chi connectivity index (χ4v) is 4.13. The molecular weight excluding hydrogens is 350 g/mol. The van der Waals surface area contributed by atoms with Crippen LogP contribution in [0, 0.1) is 0 Å². The van der Waals surface area contributed by atoms with Gasteiger partial charge in [0, 0.05) is 13.2 Å². The number of nitrogens with zero attached hydrogens (tertiary/aromatic N) is 2. The molecule has 1 aromatic rings. The third-order valence-electron chi connectivity index (χ3n) is 3.08. The van der Waals surface area contributed by atoms with Gasteiger partial charge in [0.2, 0.25) is 0 Å². The minimum absolute atomic E-state index is 0.0895. The zero-order chi connectivity index (χ0) is 14.8. The van der Waals surface area contributed by atoms with Crippen LogP contribution in [-0.2, 0) is 21.1 Å². The second-order valence-corrected chi connectivity index (χ2v) is 7.66. The maximum absolute atomic E-state index is 12.0. The minimum Gasteiger partial charge on any atom is -0.383 e. The fourth-order valence-electron chi connectivity index (χ4n) is 2.03. The topological polar surface area (TPSA) is 90.3 Å². The van der Waals surface area contributed by atoms with Crippen LogP contribution in [0.4, 0.5) is 5.69 Å². The predicted molar refractivity (Wildman–Crippen MR) is 78.8 cm³/mol. The maximum atomic E-state index is 12.0. The lowest BCUT2D eigenvalue weighted by molar-refractivity contribution is 0.181. The summed E-state index contributed by atoms with van der Waals surface area (Å²) in [6.07, 6.45) is 2.06. The highest BCUT2D eigenvalue weighted by molar-refractivity contribution is 9.10. The van der Waals surface area contributed by atoms with Gasteiger partial charge in [-0.25, -0.2) is 13.1 Å². The molecule has 1 N–H and O–H groups in total. The fraction of sp³-hybridized carbons (Fsp3) is 0.636. The molecule has 2 rings (SSSR count). The molecule has 20 heavy (non-hydrogen) atoms. The van der Waals surface area contributed by atoms with Crippen LogP contribution in [0.3, 0.4) is 0 Å². The van der Waals surface area contributed by atoms with E-state index in [1.807, 2.05) is 0 Å². The van der Waals surface area contributed by atoms with E-state index in [9.17, 15) is 13.2 Å². The highest BCUT2D eigenvalue weighted by atomic mass is 79.9. The molecule has 1 fully saturated rings. The molecule has 0 aliphatic carbocycles. The molecule has 0 radical (unpaired) electrons. The van der Waals surface area contributed by atoms with Gasteiger partial charge in [-0.2, -0.15) is 5.10 Å². The molecule has 0 spiro atoms. The van der Waals surface area contributed by atoms with E-state index in [4.69, 9.17) is 4.74 Å². The van der Waals surface area contributed by atoms with Gasteiger partial charge in [0.25, 0.3) is 5.56 Å². The zero-order valence-electron chi connectivity index (χ0n) is 11.0. The number of hydrogen-bond donors (Lipinski definition) is 1. The van der Waals surface area contributed by atoms with E-state index in [1.165, 1.54) is 10.9 Å². The summed E-state index contributed by atoms with van der Waals surface area (Å²) >= 11 is 3.23. The van der Waals surface area contributed by atoms with E-state index in [-0.39, 0.29) is 23.1 Å². The Morgan fingerprint density at radius 2 is 2.35 bits per heavy atom. The molecule has 1 aliphatic heterocycles. The first-order valence-corrected chi connectivity index (χ1v) is 8.76. The lowest BCUT2D eigenvalue weighted by atomic mass is 10.2. The molecule has 2 heterocycles. The Morgan fingerprint density at radius 1 is 1.60 bits per heavy atom. The quantitative estimate of drug-likeness (QED) is 0.804. The van der Waals surface area contributed by atoms with Gasteiger partial charge in [-0.3, -0.25) is 4.79 Å². The van der Waals surface area contributed by atoms with E-state index in [0.717, 1.165) is 0 Å². The highest BCUT2D eigenvalue weighted by Crippen LogP contribution is 2.21. The van der Waals surface area contributed by atoms with Crippen molar-refractivity contribution in [2.24, 2.45) is 0 Å². The Hall–Kier alpha value is -0.930. The highest BCUT2D eigenvalue weighted by Gasteiger charge is 2.28. The van der Waals surface area contributed by atoms with Gasteiger partial charge in [-0.1, -0.05) is 0 Å². The second-order valence-electron chi connectivity index (χ2n) is 4.64. The van der Waals surface area contributed by atoms with Crippen molar-refractivity contribution in [2.75, 3.05) is 30.5 Å². The number of anilines is 1. The number of aromatic nitrogens is 2. The van der Waals surface area contributed by atoms with Crippen LogP contribution >= 0.6 is 15.9 Å². The van der Waals surface area contributed by atoms with Gasteiger partial charge in [0.05, 0.1) is 36.5 Å². The van der Waals surface area contributed by atoms with Crippen LogP contribution in [0.15, 0.2) is 15.5 Å². The standard InChI is InChI=1S/C11H16BrN3O4S/c1-19-4-3-15-11(16)10(12)9(6-13-15)14-8-2-5-20(17,18)7-8/h6,8,14H,2-5,7H2,1H3. The van der Waals surface area contributed by atoms with Gasteiger partial charge >= 0.3 is 0 Å². The van der Waals surface area contributed by atoms with Crippen molar-refractivity contribution in [3.05, 3.63) is 21.0 Å². The smallest absolute Gasteiger partial charge is 0.283 e. The number of sulfone groups is 1. The third kappa shape index (κ3) is 3.58. The maximum Gasteiger partial charge on any atom is 0.283 e. The van der Waals surface area contributed by atoms with Crippen molar-refractivity contribution in [2.45, 2.75) is 19.0 Å². The third-order valence-corrected chi connectivity index (χ3v) is 5.62. The number of hydrogen-bond acceptors (Lipinski definition) is 6. The minimum atomic E-state index is -2.96. The van der Waals surface area contributed by atoms with Crippen molar-refractivity contribution in [3.63, 3.8) is 0 Å². The predicted octanol–water partition coefficient (Wildman–Crippen LogP) is 0.251. The van der Waals surface area contributed by atoms with Gasteiger partial charge in [0.1, 0.15) is 4.47 Å². The second kappa shape index (κ2) is 6.23. The van der Waals surface area contributed by atoms with Crippen LogP contribution in [-0.4, -0.2) is 49.5 Å². The SMILES string of the molecule is COCCn1ncc(NC2CCS(=O)(=O)C2)c(Br)c1=O. The average Bonchev–Trinajstić information content (AvgIpc) is 2.74. The summed E-state index contributed by atoms with van der Waals surface area (Å²) in [5, 5.41) is 7.09.